The van der Waals surface area contributed by atoms with E-state index >= 15 is 0 Å². The van der Waals surface area contributed by atoms with Crippen LogP contribution >= 0.6 is 11.8 Å². The van der Waals surface area contributed by atoms with Gasteiger partial charge in [0.25, 0.3) is 0 Å². The molecule has 2 nitrogen and oxygen atoms in total. The molecule has 0 unspecified atom stereocenters. The maximum atomic E-state index is 5.47. The van der Waals surface area contributed by atoms with Gasteiger partial charge in [0.1, 0.15) is 11.5 Å². The van der Waals surface area contributed by atoms with E-state index in [4.69, 9.17) is 9.47 Å². The van der Waals surface area contributed by atoms with Gasteiger partial charge in [-0.2, -0.15) is 0 Å². The molecule has 72 valence electrons. The highest BCUT2D eigenvalue weighted by molar-refractivity contribution is 7.98. The molecular formula is C10H14O2S. The van der Waals surface area contributed by atoms with Crippen molar-refractivity contribution in [3.8, 4) is 11.5 Å². The van der Waals surface area contributed by atoms with E-state index in [9.17, 15) is 0 Å². The standard InChI is InChI=1S/C10H14O2S/c1-4-12-9-7-5-6-8(11-2)10(9)13-3/h5-7H,4H2,1-3H3. The predicted molar refractivity (Wildman–Crippen MR) is 55.9 cm³/mol. The van der Waals surface area contributed by atoms with Gasteiger partial charge in [0, 0.05) is 0 Å². The summed E-state index contributed by atoms with van der Waals surface area (Å²) in [4.78, 5) is 1.06. The fourth-order valence-corrected chi connectivity index (χ4v) is 1.81. The Bertz CT molecular complexity index is 274. The molecule has 1 rings (SSSR count). The Labute approximate surface area is 83.2 Å². The second kappa shape index (κ2) is 5.02. The molecule has 0 aromatic heterocycles. The molecule has 0 fully saturated rings. The quantitative estimate of drug-likeness (QED) is 0.693. The summed E-state index contributed by atoms with van der Waals surface area (Å²) in [5, 5.41) is 0. The van der Waals surface area contributed by atoms with Gasteiger partial charge in [-0.05, 0) is 25.3 Å². The smallest absolute Gasteiger partial charge is 0.136 e. The zero-order valence-electron chi connectivity index (χ0n) is 8.16. The van der Waals surface area contributed by atoms with Crippen molar-refractivity contribution in [2.45, 2.75) is 11.8 Å². The summed E-state index contributed by atoms with van der Waals surface area (Å²) in [7, 11) is 1.67. The molecular weight excluding hydrogens is 184 g/mol. The molecule has 0 heterocycles. The third-order valence-electron chi connectivity index (χ3n) is 1.67. The van der Waals surface area contributed by atoms with Crippen molar-refractivity contribution in [1.29, 1.82) is 0 Å². The minimum Gasteiger partial charge on any atom is -0.495 e. The first-order valence-corrected chi connectivity index (χ1v) is 5.39. The van der Waals surface area contributed by atoms with Crippen LogP contribution in [-0.4, -0.2) is 20.0 Å². The highest BCUT2D eigenvalue weighted by Gasteiger charge is 2.07. The molecule has 0 saturated heterocycles. The van der Waals surface area contributed by atoms with Crippen molar-refractivity contribution in [2.75, 3.05) is 20.0 Å². The zero-order chi connectivity index (χ0) is 9.68. The van der Waals surface area contributed by atoms with Gasteiger partial charge in [-0.15, -0.1) is 11.8 Å². The van der Waals surface area contributed by atoms with Crippen LogP contribution in [0.5, 0.6) is 11.5 Å². The van der Waals surface area contributed by atoms with Crippen LogP contribution in [0.1, 0.15) is 6.92 Å². The third kappa shape index (κ3) is 2.31. The molecule has 0 N–H and O–H groups in total. The summed E-state index contributed by atoms with van der Waals surface area (Å²) in [6.45, 7) is 2.66. The van der Waals surface area contributed by atoms with Crippen molar-refractivity contribution in [3.05, 3.63) is 18.2 Å². The molecule has 0 atom stereocenters. The fourth-order valence-electron chi connectivity index (χ4n) is 1.13. The minimum atomic E-state index is 0.681. The van der Waals surface area contributed by atoms with Crippen LogP contribution in [0.25, 0.3) is 0 Å². The van der Waals surface area contributed by atoms with E-state index in [1.807, 2.05) is 31.4 Å². The van der Waals surface area contributed by atoms with Gasteiger partial charge in [0.2, 0.25) is 0 Å². The van der Waals surface area contributed by atoms with Crippen molar-refractivity contribution in [2.24, 2.45) is 0 Å². The Morgan fingerprint density at radius 1 is 1.31 bits per heavy atom. The van der Waals surface area contributed by atoms with E-state index in [1.165, 1.54) is 0 Å². The van der Waals surface area contributed by atoms with E-state index in [0.717, 1.165) is 16.4 Å². The maximum Gasteiger partial charge on any atom is 0.136 e. The van der Waals surface area contributed by atoms with Gasteiger partial charge in [-0.25, -0.2) is 0 Å². The van der Waals surface area contributed by atoms with Crippen LogP contribution < -0.4 is 9.47 Å². The lowest BCUT2D eigenvalue weighted by Crippen LogP contribution is -1.95. The summed E-state index contributed by atoms with van der Waals surface area (Å²) in [5.74, 6) is 1.77. The number of hydrogen-bond donors (Lipinski definition) is 0. The first-order valence-electron chi connectivity index (χ1n) is 4.17. The number of hydrogen-bond acceptors (Lipinski definition) is 3. The Morgan fingerprint density at radius 3 is 2.54 bits per heavy atom. The van der Waals surface area contributed by atoms with Crippen molar-refractivity contribution in [3.63, 3.8) is 0 Å². The summed E-state index contributed by atoms with van der Waals surface area (Å²) in [6, 6.07) is 5.83. The van der Waals surface area contributed by atoms with Gasteiger partial charge in [0.05, 0.1) is 18.6 Å². The summed E-state index contributed by atoms with van der Waals surface area (Å²) >= 11 is 1.64. The highest BCUT2D eigenvalue weighted by Crippen LogP contribution is 2.36. The van der Waals surface area contributed by atoms with Gasteiger partial charge >= 0.3 is 0 Å². The van der Waals surface area contributed by atoms with Crippen LogP contribution in [0.15, 0.2) is 23.1 Å². The first kappa shape index (κ1) is 10.3. The van der Waals surface area contributed by atoms with E-state index in [2.05, 4.69) is 0 Å². The average molecular weight is 198 g/mol. The van der Waals surface area contributed by atoms with Gasteiger partial charge in [-0.1, -0.05) is 6.07 Å². The predicted octanol–water partition coefficient (Wildman–Crippen LogP) is 2.82. The van der Waals surface area contributed by atoms with E-state index in [0.29, 0.717) is 6.61 Å². The molecule has 0 spiro atoms. The summed E-state index contributed by atoms with van der Waals surface area (Å²) in [6.07, 6.45) is 2.01. The van der Waals surface area contributed by atoms with Crippen molar-refractivity contribution in [1.82, 2.24) is 0 Å². The molecule has 0 bridgehead atoms. The lowest BCUT2D eigenvalue weighted by atomic mass is 10.3. The van der Waals surface area contributed by atoms with Gasteiger partial charge < -0.3 is 9.47 Å². The monoisotopic (exact) mass is 198 g/mol. The number of benzene rings is 1. The topological polar surface area (TPSA) is 18.5 Å². The molecule has 0 aliphatic heterocycles. The van der Waals surface area contributed by atoms with Gasteiger partial charge in [-0.3, -0.25) is 0 Å². The number of ether oxygens (including phenoxy) is 2. The zero-order valence-corrected chi connectivity index (χ0v) is 8.98. The highest BCUT2D eigenvalue weighted by atomic mass is 32.2. The first-order chi connectivity index (χ1) is 6.33. The maximum absolute atomic E-state index is 5.47. The molecule has 0 saturated carbocycles. The lowest BCUT2D eigenvalue weighted by molar-refractivity contribution is 0.324. The van der Waals surface area contributed by atoms with Gasteiger partial charge in [0.15, 0.2) is 0 Å². The molecule has 0 amide bonds. The summed E-state index contributed by atoms with van der Waals surface area (Å²) in [5.41, 5.74) is 0. The number of methoxy groups -OCH3 is 1. The van der Waals surface area contributed by atoms with E-state index < -0.39 is 0 Å². The van der Waals surface area contributed by atoms with Crippen LogP contribution in [-0.2, 0) is 0 Å². The average Bonchev–Trinajstić information content (AvgIpc) is 2.18. The third-order valence-corrected chi connectivity index (χ3v) is 2.48. The number of thioether (sulfide) groups is 1. The minimum absolute atomic E-state index is 0.681. The Hall–Kier alpha value is -0.830. The summed E-state index contributed by atoms with van der Waals surface area (Å²) < 4.78 is 10.7. The van der Waals surface area contributed by atoms with E-state index in [-0.39, 0.29) is 0 Å². The molecule has 0 aliphatic carbocycles. The lowest BCUT2D eigenvalue weighted by Gasteiger charge is -2.11. The molecule has 1 aromatic rings. The van der Waals surface area contributed by atoms with Crippen LogP contribution in [0.4, 0.5) is 0 Å². The fraction of sp³-hybridized carbons (Fsp3) is 0.400. The SMILES string of the molecule is CCOc1cccc(OC)c1SC. The Balaban J connectivity index is 3.03. The Morgan fingerprint density at radius 2 is 2.00 bits per heavy atom. The van der Waals surface area contributed by atoms with Crippen molar-refractivity contribution >= 4 is 11.8 Å². The molecule has 1 aromatic carbocycles. The van der Waals surface area contributed by atoms with E-state index in [1.54, 1.807) is 18.9 Å². The van der Waals surface area contributed by atoms with Crippen LogP contribution in [0, 0.1) is 0 Å². The van der Waals surface area contributed by atoms with Crippen LogP contribution in [0.3, 0.4) is 0 Å². The van der Waals surface area contributed by atoms with Crippen molar-refractivity contribution < 1.29 is 9.47 Å². The largest absolute Gasteiger partial charge is 0.495 e. The second-order valence-corrected chi connectivity index (χ2v) is 3.24. The van der Waals surface area contributed by atoms with Crippen LogP contribution in [0.2, 0.25) is 0 Å². The molecule has 0 aliphatic rings. The molecule has 3 heteroatoms. The molecule has 13 heavy (non-hydrogen) atoms. The second-order valence-electron chi connectivity index (χ2n) is 2.42. The Kier molecular flexibility index (Phi) is 3.96. The number of rotatable bonds is 4. The molecule has 0 radical (unpaired) electrons. The normalized spacial score (nSPS) is 9.77.